The van der Waals surface area contributed by atoms with Crippen molar-refractivity contribution in [1.29, 1.82) is 0 Å². The van der Waals surface area contributed by atoms with E-state index < -0.39 is 0 Å². The van der Waals surface area contributed by atoms with Crippen molar-refractivity contribution >= 4 is 11.9 Å². The van der Waals surface area contributed by atoms with Crippen molar-refractivity contribution in [2.24, 2.45) is 23.7 Å². The van der Waals surface area contributed by atoms with Crippen molar-refractivity contribution in [3.8, 4) is 0 Å². The van der Waals surface area contributed by atoms with Crippen LogP contribution in [-0.2, 0) is 4.79 Å². The number of urea groups is 1. The predicted octanol–water partition coefficient (Wildman–Crippen LogP) is 2.74. The molecule has 5 nitrogen and oxygen atoms in total. The molecule has 1 atom stereocenters. The second-order valence-corrected chi connectivity index (χ2v) is 9.82. The molecule has 4 aliphatic rings. The zero-order valence-electron chi connectivity index (χ0n) is 17.1. The number of nitrogens with one attached hydrogen (secondary N) is 2. The SMILES string of the molecule is CC(C)[C@@H]([NH2+]CC(=O)NC(=O)NC12CC3CC(CC(C3)C1)C2)c1ccccc1. The zero-order valence-corrected chi connectivity index (χ0v) is 17.1. The molecule has 4 saturated carbocycles. The minimum atomic E-state index is -0.304. The van der Waals surface area contributed by atoms with E-state index in [4.69, 9.17) is 0 Å². The van der Waals surface area contributed by atoms with E-state index in [1.807, 2.05) is 23.5 Å². The highest BCUT2D eigenvalue weighted by Crippen LogP contribution is 2.55. The van der Waals surface area contributed by atoms with Gasteiger partial charge in [0.15, 0.2) is 6.54 Å². The number of hydrogen-bond donors (Lipinski definition) is 3. The Kier molecular flexibility index (Phi) is 5.46. The van der Waals surface area contributed by atoms with Gasteiger partial charge in [0, 0.05) is 17.0 Å². The van der Waals surface area contributed by atoms with Crippen molar-refractivity contribution in [2.45, 2.75) is 64.0 Å². The third-order valence-corrected chi connectivity index (χ3v) is 7.13. The van der Waals surface area contributed by atoms with Crippen molar-refractivity contribution in [1.82, 2.24) is 10.6 Å². The molecular formula is C23H34N3O2+. The molecule has 3 amide bonds. The van der Waals surface area contributed by atoms with E-state index in [0.29, 0.717) is 5.92 Å². The summed E-state index contributed by atoms with van der Waals surface area (Å²) in [7, 11) is 0. The fourth-order valence-electron chi connectivity index (χ4n) is 6.42. The molecule has 4 fully saturated rings. The number of hydrogen-bond acceptors (Lipinski definition) is 2. The summed E-state index contributed by atoms with van der Waals surface area (Å²) in [6.45, 7) is 4.57. The van der Waals surface area contributed by atoms with E-state index in [2.05, 4.69) is 36.6 Å². The average molecular weight is 385 g/mol. The molecule has 4 bridgehead atoms. The van der Waals surface area contributed by atoms with Crippen LogP contribution in [0.1, 0.15) is 64.0 Å². The van der Waals surface area contributed by atoms with Gasteiger partial charge in [-0.2, -0.15) is 0 Å². The molecule has 0 heterocycles. The minimum Gasteiger partial charge on any atom is -0.332 e. The summed E-state index contributed by atoms with van der Waals surface area (Å²) in [5.41, 5.74) is 1.15. The van der Waals surface area contributed by atoms with E-state index in [1.165, 1.54) is 24.8 Å². The van der Waals surface area contributed by atoms with Gasteiger partial charge in [0.05, 0.1) is 0 Å². The number of carbonyl (C=O) groups excluding carboxylic acids is 2. The van der Waals surface area contributed by atoms with E-state index in [-0.39, 0.29) is 30.1 Å². The standard InChI is InChI=1S/C23H33N3O2/c1-15(2)21(19-6-4-3-5-7-19)24-14-20(27)25-22(28)26-23-11-16-8-17(12-23)10-18(9-16)13-23/h3-7,15-18,21,24H,8-14H2,1-2H3,(H2,25,26,27,28)/p+1/t16?,17?,18?,21-,23?/m1/s1. The largest absolute Gasteiger partial charge is 0.332 e. The Hall–Kier alpha value is -1.88. The smallest absolute Gasteiger partial charge is 0.322 e. The maximum absolute atomic E-state index is 12.5. The van der Waals surface area contributed by atoms with Crippen LogP contribution in [0.25, 0.3) is 0 Å². The first kappa shape index (κ1) is 19.4. The third-order valence-electron chi connectivity index (χ3n) is 7.13. The van der Waals surface area contributed by atoms with Crippen molar-refractivity contribution in [3.05, 3.63) is 35.9 Å². The van der Waals surface area contributed by atoms with Gasteiger partial charge in [-0.25, -0.2) is 4.79 Å². The van der Waals surface area contributed by atoms with Crippen molar-refractivity contribution in [2.75, 3.05) is 6.54 Å². The summed E-state index contributed by atoms with van der Waals surface area (Å²) in [6, 6.07) is 10.1. The van der Waals surface area contributed by atoms with E-state index in [9.17, 15) is 9.59 Å². The van der Waals surface area contributed by atoms with Crippen LogP contribution in [0.5, 0.6) is 0 Å². The first-order valence-electron chi connectivity index (χ1n) is 10.9. The van der Waals surface area contributed by atoms with Crippen LogP contribution < -0.4 is 16.0 Å². The maximum Gasteiger partial charge on any atom is 0.322 e. The van der Waals surface area contributed by atoms with Gasteiger partial charge in [0.2, 0.25) is 0 Å². The van der Waals surface area contributed by atoms with Gasteiger partial charge in [-0.1, -0.05) is 44.2 Å². The normalized spacial score (nSPS) is 31.6. The summed E-state index contributed by atoms with van der Waals surface area (Å²) in [4.78, 5) is 24.9. The quantitative estimate of drug-likeness (QED) is 0.705. The average Bonchev–Trinajstić information content (AvgIpc) is 2.60. The molecule has 4 N–H and O–H groups in total. The molecule has 1 aromatic rings. The Morgan fingerprint density at radius 2 is 1.61 bits per heavy atom. The topological polar surface area (TPSA) is 74.8 Å². The van der Waals surface area contributed by atoms with Gasteiger partial charge in [-0.05, 0) is 56.3 Å². The molecular weight excluding hydrogens is 350 g/mol. The number of benzene rings is 1. The molecule has 0 aromatic heterocycles. The van der Waals surface area contributed by atoms with Gasteiger partial charge in [-0.3, -0.25) is 10.1 Å². The Balaban J connectivity index is 1.28. The molecule has 0 saturated heterocycles. The Bertz CT molecular complexity index is 681. The first-order chi connectivity index (χ1) is 13.4. The van der Waals surface area contributed by atoms with Gasteiger partial charge in [0.25, 0.3) is 5.91 Å². The molecule has 0 unspecified atom stereocenters. The lowest BCUT2D eigenvalue weighted by Gasteiger charge is -2.56. The van der Waals surface area contributed by atoms with E-state index in [1.54, 1.807) is 0 Å². The predicted molar refractivity (Wildman–Crippen MR) is 108 cm³/mol. The van der Waals surface area contributed by atoms with Crippen LogP contribution in [0.15, 0.2) is 30.3 Å². The number of imide groups is 1. The monoisotopic (exact) mass is 384 g/mol. The first-order valence-corrected chi connectivity index (χ1v) is 10.9. The maximum atomic E-state index is 12.5. The second kappa shape index (κ2) is 7.86. The highest BCUT2D eigenvalue weighted by molar-refractivity contribution is 5.95. The highest BCUT2D eigenvalue weighted by atomic mass is 16.2. The Morgan fingerprint density at radius 3 is 2.14 bits per heavy atom. The molecule has 152 valence electrons. The van der Waals surface area contributed by atoms with E-state index >= 15 is 0 Å². The summed E-state index contributed by atoms with van der Waals surface area (Å²) in [6.07, 6.45) is 7.30. The lowest BCUT2D eigenvalue weighted by Crippen LogP contribution is -2.88. The number of quaternary nitrogens is 1. The molecule has 0 aliphatic heterocycles. The molecule has 5 heteroatoms. The number of nitrogens with two attached hydrogens (primary N) is 1. The Labute approximate surface area is 168 Å². The fourth-order valence-corrected chi connectivity index (χ4v) is 6.42. The molecule has 4 aliphatic carbocycles. The lowest BCUT2D eigenvalue weighted by molar-refractivity contribution is -0.692. The second-order valence-electron chi connectivity index (χ2n) is 9.82. The molecule has 1 aromatic carbocycles. The van der Waals surface area contributed by atoms with Gasteiger partial charge < -0.3 is 10.6 Å². The molecule has 28 heavy (non-hydrogen) atoms. The highest BCUT2D eigenvalue weighted by Gasteiger charge is 2.51. The Morgan fingerprint density at radius 1 is 1.04 bits per heavy atom. The van der Waals surface area contributed by atoms with Crippen molar-refractivity contribution < 1.29 is 14.9 Å². The molecule has 0 spiro atoms. The fraction of sp³-hybridized carbons (Fsp3) is 0.652. The minimum absolute atomic E-state index is 0.0622. The summed E-state index contributed by atoms with van der Waals surface area (Å²) >= 11 is 0. The van der Waals surface area contributed by atoms with Crippen LogP contribution in [-0.4, -0.2) is 24.0 Å². The molecule has 5 rings (SSSR count). The summed E-state index contributed by atoms with van der Waals surface area (Å²) in [5, 5.41) is 7.83. The van der Waals surface area contributed by atoms with Gasteiger partial charge in [-0.15, -0.1) is 0 Å². The third kappa shape index (κ3) is 4.24. The van der Waals surface area contributed by atoms with E-state index in [0.717, 1.165) is 37.0 Å². The number of rotatable bonds is 6. The zero-order chi connectivity index (χ0) is 19.7. The summed E-state index contributed by atoms with van der Waals surface area (Å²) < 4.78 is 0. The number of amides is 3. The van der Waals surface area contributed by atoms with Gasteiger partial charge >= 0.3 is 6.03 Å². The van der Waals surface area contributed by atoms with Crippen LogP contribution >= 0.6 is 0 Å². The lowest BCUT2D eigenvalue weighted by atomic mass is 9.53. The van der Waals surface area contributed by atoms with Crippen LogP contribution in [0.3, 0.4) is 0 Å². The van der Waals surface area contributed by atoms with Crippen LogP contribution in [0, 0.1) is 23.7 Å². The number of carbonyl (C=O) groups is 2. The molecule has 0 radical (unpaired) electrons. The van der Waals surface area contributed by atoms with Crippen LogP contribution in [0.2, 0.25) is 0 Å². The van der Waals surface area contributed by atoms with Gasteiger partial charge in [0.1, 0.15) is 6.04 Å². The van der Waals surface area contributed by atoms with Crippen LogP contribution in [0.4, 0.5) is 4.79 Å². The van der Waals surface area contributed by atoms with Crippen molar-refractivity contribution in [3.63, 3.8) is 0 Å². The summed E-state index contributed by atoms with van der Waals surface area (Å²) in [5.74, 6) is 2.50.